The lowest BCUT2D eigenvalue weighted by atomic mass is 10.1. The Kier molecular flexibility index (Phi) is 7.15. The van der Waals surface area contributed by atoms with E-state index in [2.05, 4.69) is 6.07 Å². The molecule has 2 heterocycles. The Hall–Kier alpha value is -5.43. The number of rotatable bonds is 7. The molecule has 0 unspecified atom stereocenters. The molecule has 0 bridgehead atoms. The first kappa shape index (κ1) is 26.8. The van der Waals surface area contributed by atoms with Crippen molar-refractivity contribution in [3.63, 3.8) is 0 Å². The normalized spacial score (nSPS) is 11.7. The van der Waals surface area contributed by atoms with Crippen LogP contribution in [-0.2, 0) is 6.18 Å². The lowest BCUT2D eigenvalue weighted by Gasteiger charge is -2.08. The monoisotopic (exact) mass is 560 g/mol. The quantitative estimate of drug-likeness (QED) is 0.144. The van der Waals surface area contributed by atoms with Crippen molar-refractivity contribution < 1.29 is 22.4 Å². The summed E-state index contributed by atoms with van der Waals surface area (Å²) >= 11 is 0. The van der Waals surface area contributed by atoms with Crippen LogP contribution >= 0.6 is 0 Å². The van der Waals surface area contributed by atoms with E-state index in [0.29, 0.717) is 0 Å². The molecule has 0 aliphatic carbocycles. The highest BCUT2D eigenvalue weighted by Gasteiger charge is 2.30. The van der Waals surface area contributed by atoms with Crippen molar-refractivity contribution in [1.29, 1.82) is 0 Å². The number of furan rings is 1. The first-order valence-electron chi connectivity index (χ1n) is 13.2. The maximum atomic E-state index is 13.1. The van der Waals surface area contributed by atoms with Crippen molar-refractivity contribution in [2.45, 2.75) is 6.18 Å². The molecule has 0 N–H and O–H groups in total. The van der Waals surface area contributed by atoms with Crippen LogP contribution in [0, 0.1) is 0 Å². The topological polar surface area (TPSA) is 48.0 Å². The molecule has 42 heavy (non-hydrogen) atoms. The molecule has 6 rings (SSSR count). The van der Waals surface area contributed by atoms with Crippen molar-refractivity contribution in [2.24, 2.45) is 0 Å². The van der Waals surface area contributed by atoms with Crippen LogP contribution in [0.1, 0.15) is 21.7 Å². The molecule has 0 saturated heterocycles. The third kappa shape index (κ3) is 5.71. The fourth-order valence-corrected chi connectivity index (χ4v) is 4.60. The van der Waals surface area contributed by atoms with Crippen LogP contribution in [0.4, 0.5) is 13.2 Å². The highest BCUT2D eigenvalue weighted by atomic mass is 19.4. The second-order valence-corrected chi connectivity index (χ2v) is 9.59. The summed E-state index contributed by atoms with van der Waals surface area (Å²) in [4.78, 5) is 12.7. The van der Waals surface area contributed by atoms with Gasteiger partial charge in [-0.1, -0.05) is 91.0 Å². The largest absolute Gasteiger partial charge is 0.453 e. The van der Waals surface area contributed by atoms with E-state index >= 15 is 0 Å². The number of nitrogens with zero attached hydrogens (tertiary/aromatic N) is 2. The number of hydrogen-bond acceptors (Lipinski definition) is 3. The predicted octanol–water partition coefficient (Wildman–Crippen LogP) is 9.38. The van der Waals surface area contributed by atoms with Crippen LogP contribution in [0.3, 0.4) is 0 Å². The SMILES string of the molecule is O=C(C=Cc1ccc(-n2nc(-c3ccccc3)cc2-c2ccccc2)cc1)c1ccc(-c2cccc(C(F)(F)F)c2)o1. The van der Waals surface area contributed by atoms with E-state index in [1.165, 1.54) is 30.3 Å². The predicted molar refractivity (Wildman–Crippen MR) is 157 cm³/mol. The minimum absolute atomic E-state index is 0.0350. The van der Waals surface area contributed by atoms with Crippen molar-refractivity contribution >= 4 is 11.9 Å². The molecule has 2 aromatic heterocycles. The van der Waals surface area contributed by atoms with Gasteiger partial charge in [0.1, 0.15) is 5.76 Å². The fraction of sp³-hybridized carbons (Fsp3) is 0.0286. The molecule has 0 aliphatic rings. The molecule has 0 atom stereocenters. The van der Waals surface area contributed by atoms with Crippen LogP contribution < -0.4 is 0 Å². The third-order valence-corrected chi connectivity index (χ3v) is 6.74. The molecule has 0 amide bonds. The summed E-state index contributed by atoms with van der Waals surface area (Å²) in [7, 11) is 0. The first-order valence-corrected chi connectivity index (χ1v) is 13.2. The highest BCUT2D eigenvalue weighted by Crippen LogP contribution is 2.33. The van der Waals surface area contributed by atoms with Gasteiger partial charge < -0.3 is 4.42 Å². The summed E-state index contributed by atoms with van der Waals surface area (Å²) in [5, 5.41) is 4.89. The van der Waals surface area contributed by atoms with Gasteiger partial charge in [0.05, 0.1) is 22.6 Å². The lowest BCUT2D eigenvalue weighted by Crippen LogP contribution is -2.04. The fourth-order valence-electron chi connectivity index (χ4n) is 4.60. The third-order valence-electron chi connectivity index (χ3n) is 6.74. The van der Waals surface area contributed by atoms with Crippen molar-refractivity contribution in [2.75, 3.05) is 0 Å². The van der Waals surface area contributed by atoms with Gasteiger partial charge in [-0.15, -0.1) is 0 Å². The number of halogens is 3. The molecule has 0 saturated carbocycles. The minimum atomic E-state index is -4.47. The number of carbonyl (C=O) groups excluding carboxylic acids is 1. The summed E-state index contributed by atoms with van der Waals surface area (Å²) in [6.45, 7) is 0. The van der Waals surface area contributed by atoms with Crippen LogP contribution in [0.25, 0.3) is 45.6 Å². The van der Waals surface area contributed by atoms with Gasteiger partial charge in [-0.25, -0.2) is 4.68 Å². The van der Waals surface area contributed by atoms with E-state index in [1.807, 2.05) is 89.6 Å². The Labute approximate surface area is 240 Å². The molecule has 0 spiro atoms. The van der Waals surface area contributed by atoms with Gasteiger partial charge in [0.25, 0.3) is 0 Å². The molecule has 6 aromatic rings. The molecule has 0 radical (unpaired) electrons. The van der Waals surface area contributed by atoms with Crippen LogP contribution in [0.5, 0.6) is 0 Å². The van der Waals surface area contributed by atoms with Gasteiger partial charge in [0.2, 0.25) is 5.78 Å². The Morgan fingerprint density at radius 2 is 1.38 bits per heavy atom. The van der Waals surface area contributed by atoms with Crippen LogP contribution in [0.2, 0.25) is 0 Å². The van der Waals surface area contributed by atoms with E-state index in [0.717, 1.165) is 45.9 Å². The number of carbonyl (C=O) groups is 1. The van der Waals surface area contributed by atoms with Crippen molar-refractivity contribution in [3.8, 4) is 39.5 Å². The standard InChI is InChI=1S/C35H23F3N2O2/c36-35(37,38)28-13-7-12-27(22-28)33-20-21-34(42-33)32(41)19-16-24-14-17-29(18-15-24)40-31(26-10-5-2-6-11-26)23-30(39-40)25-8-3-1-4-9-25/h1-23H. The molecule has 7 heteroatoms. The molecular formula is C35H23F3N2O2. The molecule has 4 nitrogen and oxygen atoms in total. The summed E-state index contributed by atoms with van der Waals surface area (Å²) in [5.74, 6) is -0.179. The van der Waals surface area contributed by atoms with Gasteiger partial charge in [-0.05, 0) is 54.1 Å². The molecule has 206 valence electrons. The molecular weight excluding hydrogens is 537 g/mol. The van der Waals surface area contributed by atoms with Crippen molar-refractivity contribution in [1.82, 2.24) is 9.78 Å². The lowest BCUT2D eigenvalue weighted by molar-refractivity contribution is -0.137. The highest BCUT2D eigenvalue weighted by molar-refractivity contribution is 6.05. The number of alkyl halides is 3. The molecule has 4 aromatic carbocycles. The zero-order valence-corrected chi connectivity index (χ0v) is 22.1. The number of allylic oxidation sites excluding steroid dienone is 1. The van der Waals surface area contributed by atoms with E-state index in [-0.39, 0.29) is 17.1 Å². The minimum Gasteiger partial charge on any atom is -0.453 e. The summed E-state index contributed by atoms with van der Waals surface area (Å²) in [5.41, 5.74) is 4.95. The number of ketones is 1. The zero-order valence-electron chi connectivity index (χ0n) is 22.1. The van der Waals surface area contributed by atoms with Crippen LogP contribution in [0.15, 0.2) is 138 Å². The van der Waals surface area contributed by atoms with Crippen LogP contribution in [-0.4, -0.2) is 15.6 Å². The summed E-state index contributed by atoms with van der Waals surface area (Å²) in [6, 6.07) is 37.4. The maximum Gasteiger partial charge on any atom is 0.416 e. The Morgan fingerprint density at radius 1 is 0.714 bits per heavy atom. The number of hydrogen-bond donors (Lipinski definition) is 0. The van der Waals surface area contributed by atoms with Gasteiger partial charge in [-0.3, -0.25) is 4.79 Å². The van der Waals surface area contributed by atoms with E-state index in [9.17, 15) is 18.0 Å². The van der Waals surface area contributed by atoms with Gasteiger partial charge >= 0.3 is 6.18 Å². The van der Waals surface area contributed by atoms with Gasteiger partial charge in [0, 0.05) is 16.7 Å². The van der Waals surface area contributed by atoms with Gasteiger partial charge in [-0.2, -0.15) is 18.3 Å². The average molecular weight is 561 g/mol. The summed E-state index contributed by atoms with van der Waals surface area (Å²) < 4.78 is 46.7. The molecule has 0 aliphatic heterocycles. The van der Waals surface area contributed by atoms with E-state index < -0.39 is 17.5 Å². The maximum absolute atomic E-state index is 13.1. The number of benzene rings is 4. The Morgan fingerprint density at radius 3 is 2.07 bits per heavy atom. The average Bonchev–Trinajstić information content (AvgIpc) is 3.70. The second-order valence-electron chi connectivity index (χ2n) is 9.59. The first-order chi connectivity index (χ1) is 20.3. The molecule has 0 fully saturated rings. The Balaban J connectivity index is 1.22. The van der Waals surface area contributed by atoms with E-state index in [4.69, 9.17) is 9.52 Å². The van der Waals surface area contributed by atoms with Crippen molar-refractivity contribution in [3.05, 3.63) is 150 Å². The second kappa shape index (κ2) is 11.2. The smallest absolute Gasteiger partial charge is 0.416 e. The van der Waals surface area contributed by atoms with E-state index in [1.54, 1.807) is 6.08 Å². The zero-order chi connectivity index (χ0) is 29.1. The number of aromatic nitrogens is 2. The summed E-state index contributed by atoms with van der Waals surface area (Å²) in [6.07, 6.45) is -1.43. The Bertz CT molecular complexity index is 1870. The van der Waals surface area contributed by atoms with Gasteiger partial charge in [0.15, 0.2) is 5.76 Å².